The van der Waals surface area contributed by atoms with E-state index in [1.807, 2.05) is 0 Å². The molecule has 0 aliphatic heterocycles. The predicted octanol–water partition coefficient (Wildman–Crippen LogP) is 4.60. The number of non-ortho nitro benzene ring substituents is 1. The summed E-state index contributed by atoms with van der Waals surface area (Å²) in [4.78, 5) is 25.5. The Labute approximate surface area is 140 Å². The molecule has 1 aromatic heterocycles. The van der Waals surface area contributed by atoms with Gasteiger partial charge in [-0.15, -0.1) is 11.3 Å². The summed E-state index contributed by atoms with van der Waals surface area (Å²) in [6, 6.07) is 11.2. The molecule has 0 amide bonds. The minimum atomic E-state index is -0.457. The van der Waals surface area contributed by atoms with Crippen LogP contribution in [-0.2, 0) is 0 Å². The first-order chi connectivity index (χ1) is 11.5. The van der Waals surface area contributed by atoms with Crippen LogP contribution in [0.15, 0.2) is 47.8 Å². The van der Waals surface area contributed by atoms with Crippen LogP contribution in [0.3, 0.4) is 0 Å². The van der Waals surface area contributed by atoms with E-state index in [1.165, 1.54) is 29.5 Å². The maximum absolute atomic E-state index is 11.1. The van der Waals surface area contributed by atoms with Crippen molar-refractivity contribution in [3.63, 3.8) is 0 Å². The summed E-state index contributed by atoms with van der Waals surface area (Å²) in [5.74, 6) is 0. The molecule has 7 nitrogen and oxygen atoms in total. The molecule has 0 spiro atoms. The lowest BCUT2D eigenvalue weighted by atomic mass is 10.1. The third-order valence-electron chi connectivity index (χ3n) is 3.51. The van der Waals surface area contributed by atoms with Gasteiger partial charge in [-0.25, -0.2) is 4.98 Å². The van der Waals surface area contributed by atoms with Crippen LogP contribution in [0.4, 0.5) is 11.4 Å². The minimum absolute atomic E-state index is 0.00442. The van der Waals surface area contributed by atoms with Gasteiger partial charge < -0.3 is 0 Å². The first-order valence-corrected chi connectivity index (χ1v) is 7.79. The van der Waals surface area contributed by atoms with Crippen molar-refractivity contribution in [3.05, 3.63) is 73.6 Å². The first kappa shape index (κ1) is 15.8. The van der Waals surface area contributed by atoms with Gasteiger partial charge in [0.1, 0.15) is 5.01 Å². The van der Waals surface area contributed by atoms with Crippen LogP contribution < -0.4 is 0 Å². The van der Waals surface area contributed by atoms with E-state index in [0.29, 0.717) is 27.4 Å². The van der Waals surface area contributed by atoms with Crippen LogP contribution in [0.25, 0.3) is 21.8 Å². The maximum atomic E-state index is 11.1. The molecule has 1 heterocycles. The van der Waals surface area contributed by atoms with Crippen molar-refractivity contribution in [1.29, 1.82) is 0 Å². The van der Waals surface area contributed by atoms with Crippen LogP contribution in [0, 0.1) is 27.2 Å². The number of aryl methyl sites for hydroxylation is 1. The highest BCUT2D eigenvalue weighted by Gasteiger charge is 2.15. The molecule has 0 unspecified atom stereocenters. The molecule has 0 N–H and O–H groups in total. The summed E-state index contributed by atoms with van der Waals surface area (Å²) in [6.45, 7) is 1.68. The molecule has 0 saturated carbocycles. The normalized spacial score (nSPS) is 10.5. The van der Waals surface area contributed by atoms with Gasteiger partial charge in [-0.05, 0) is 6.92 Å². The minimum Gasteiger partial charge on any atom is -0.258 e. The van der Waals surface area contributed by atoms with Crippen LogP contribution in [-0.4, -0.2) is 14.8 Å². The van der Waals surface area contributed by atoms with Gasteiger partial charge in [-0.3, -0.25) is 20.2 Å². The first-order valence-electron chi connectivity index (χ1n) is 6.91. The highest BCUT2D eigenvalue weighted by Crippen LogP contribution is 2.32. The number of nitrogens with zero attached hydrogens (tertiary/aromatic N) is 3. The van der Waals surface area contributed by atoms with Crippen LogP contribution >= 0.6 is 11.3 Å². The summed E-state index contributed by atoms with van der Waals surface area (Å²) in [5, 5.41) is 24.3. The van der Waals surface area contributed by atoms with E-state index in [1.54, 1.807) is 36.6 Å². The van der Waals surface area contributed by atoms with Crippen molar-refractivity contribution < 1.29 is 9.85 Å². The highest BCUT2D eigenvalue weighted by molar-refractivity contribution is 7.13. The van der Waals surface area contributed by atoms with Gasteiger partial charge in [-0.2, -0.15) is 0 Å². The Bertz CT molecular complexity index is 952. The van der Waals surface area contributed by atoms with E-state index in [9.17, 15) is 20.2 Å². The molecule has 0 bridgehead atoms. The van der Waals surface area contributed by atoms with E-state index in [2.05, 4.69) is 4.98 Å². The third-order valence-corrected chi connectivity index (χ3v) is 4.40. The topological polar surface area (TPSA) is 99.2 Å². The smallest absolute Gasteiger partial charge is 0.258 e. The number of aromatic nitrogens is 1. The number of rotatable bonds is 4. The van der Waals surface area contributed by atoms with Crippen LogP contribution in [0.2, 0.25) is 0 Å². The molecule has 120 valence electrons. The van der Waals surface area contributed by atoms with Gasteiger partial charge in [0.05, 0.1) is 15.5 Å². The van der Waals surface area contributed by atoms with E-state index < -0.39 is 9.85 Å². The molecule has 0 atom stereocenters. The molecule has 3 aromatic rings. The quantitative estimate of drug-likeness (QED) is 0.510. The summed E-state index contributed by atoms with van der Waals surface area (Å²) in [7, 11) is 0. The fraction of sp³-hybridized carbons (Fsp3) is 0.0625. The molecule has 0 aliphatic rings. The van der Waals surface area contributed by atoms with Gasteiger partial charge >= 0.3 is 0 Å². The molecule has 0 saturated heterocycles. The average molecular weight is 341 g/mol. The number of hydrogen-bond donors (Lipinski definition) is 0. The van der Waals surface area contributed by atoms with Gasteiger partial charge in [-0.1, -0.05) is 24.3 Å². The van der Waals surface area contributed by atoms with Gasteiger partial charge in [0.15, 0.2) is 0 Å². The van der Waals surface area contributed by atoms with Crippen LogP contribution in [0.1, 0.15) is 5.56 Å². The van der Waals surface area contributed by atoms with Crippen molar-refractivity contribution in [1.82, 2.24) is 4.98 Å². The molecule has 0 aliphatic carbocycles. The second-order valence-electron chi connectivity index (χ2n) is 5.10. The van der Waals surface area contributed by atoms with Crippen molar-refractivity contribution >= 4 is 22.7 Å². The maximum Gasteiger partial charge on any atom is 0.272 e. The molecular weight excluding hydrogens is 330 g/mol. The largest absolute Gasteiger partial charge is 0.272 e. The standard InChI is InChI=1S/C16H11N3O4S/c1-10-5-6-11(8-15(10)19(22)23)14-9-24-16(17-14)12-3-2-4-13(7-12)18(20)21/h2-9H,1H3. The zero-order valence-electron chi connectivity index (χ0n) is 12.5. The fourth-order valence-electron chi connectivity index (χ4n) is 2.26. The van der Waals surface area contributed by atoms with E-state index in [4.69, 9.17) is 0 Å². The molecule has 8 heteroatoms. The molecule has 0 radical (unpaired) electrons. The lowest BCUT2D eigenvalue weighted by molar-refractivity contribution is -0.385. The number of benzene rings is 2. The predicted molar refractivity (Wildman–Crippen MR) is 91.0 cm³/mol. The monoisotopic (exact) mass is 341 g/mol. The van der Waals surface area contributed by atoms with Crippen molar-refractivity contribution in [2.24, 2.45) is 0 Å². The Hall–Kier alpha value is -3.13. The Morgan fingerprint density at radius 3 is 2.50 bits per heavy atom. The Balaban J connectivity index is 2.00. The van der Waals surface area contributed by atoms with Crippen molar-refractivity contribution in [2.45, 2.75) is 6.92 Å². The molecule has 3 rings (SSSR count). The Morgan fingerprint density at radius 1 is 1.00 bits per heavy atom. The summed E-state index contributed by atoms with van der Waals surface area (Å²) in [6.07, 6.45) is 0. The summed E-state index contributed by atoms with van der Waals surface area (Å²) in [5.41, 5.74) is 2.50. The average Bonchev–Trinajstić information content (AvgIpc) is 3.05. The van der Waals surface area contributed by atoms with Crippen molar-refractivity contribution in [3.8, 4) is 21.8 Å². The lowest BCUT2D eigenvalue weighted by Gasteiger charge is -2.00. The second kappa shape index (κ2) is 6.17. The summed E-state index contributed by atoms with van der Waals surface area (Å²) < 4.78 is 0. The number of nitro groups is 2. The third kappa shape index (κ3) is 2.99. The SMILES string of the molecule is Cc1ccc(-c2csc(-c3cccc([N+](=O)[O-])c3)n2)cc1[N+](=O)[O-]. The highest BCUT2D eigenvalue weighted by atomic mass is 32.1. The fourth-order valence-corrected chi connectivity index (χ4v) is 3.08. The second-order valence-corrected chi connectivity index (χ2v) is 5.96. The van der Waals surface area contributed by atoms with Gasteiger partial charge in [0.25, 0.3) is 11.4 Å². The van der Waals surface area contributed by atoms with E-state index >= 15 is 0 Å². The van der Waals surface area contributed by atoms with Crippen molar-refractivity contribution in [2.75, 3.05) is 0 Å². The Kier molecular flexibility index (Phi) is 4.05. The summed E-state index contributed by atoms with van der Waals surface area (Å²) >= 11 is 1.33. The lowest BCUT2D eigenvalue weighted by Crippen LogP contribution is -1.92. The molecule has 0 fully saturated rings. The number of thiazole rings is 1. The van der Waals surface area contributed by atoms with Crippen LogP contribution in [0.5, 0.6) is 0 Å². The zero-order valence-corrected chi connectivity index (χ0v) is 13.3. The van der Waals surface area contributed by atoms with E-state index in [0.717, 1.165) is 0 Å². The number of hydrogen-bond acceptors (Lipinski definition) is 6. The molecule has 2 aromatic carbocycles. The Morgan fingerprint density at radius 2 is 1.79 bits per heavy atom. The molecular formula is C16H11N3O4S. The zero-order chi connectivity index (χ0) is 17.3. The number of nitro benzene ring substituents is 2. The van der Waals surface area contributed by atoms with Gasteiger partial charge in [0.2, 0.25) is 0 Å². The molecule has 24 heavy (non-hydrogen) atoms. The van der Waals surface area contributed by atoms with E-state index in [-0.39, 0.29) is 11.4 Å². The van der Waals surface area contributed by atoms with Gasteiger partial charge in [0, 0.05) is 40.3 Å².